The summed E-state index contributed by atoms with van der Waals surface area (Å²) < 4.78 is 2.11. The van der Waals surface area contributed by atoms with Gasteiger partial charge in [0.1, 0.15) is 12.0 Å². The molecule has 0 fully saturated rings. The number of pyridine rings is 1. The van der Waals surface area contributed by atoms with Crippen molar-refractivity contribution in [3.05, 3.63) is 128 Å². The van der Waals surface area contributed by atoms with E-state index in [1.807, 2.05) is 80.8 Å². The van der Waals surface area contributed by atoms with Crippen LogP contribution in [-0.2, 0) is 0 Å². The molecule has 5 nitrogen and oxygen atoms in total. The molecular formula is C34H27N5. The van der Waals surface area contributed by atoms with Gasteiger partial charge in [0.2, 0.25) is 0 Å². The lowest BCUT2D eigenvalue weighted by Crippen LogP contribution is -1.99. The Morgan fingerprint density at radius 2 is 1.31 bits per heavy atom. The molecule has 0 spiro atoms. The molecule has 0 aliphatic heterocycles. The number of rotatable bonds is 4. The third-order valence-electron chi connectivity index (χ3n) is 6.56. The minimum Gasteiger partial charge on any atom is -0.299 e. The molecular weight excluding hydrogens is 478 g/mol. The van der Waals surface area contributed by atoms with Crippen molar-refractivity contribution in [3.8, 4) is 39.6 Å². The minimum atomic E-state index is 0.602. The van der Waals surface area contributed by atoms with E-state index < -0.39 is 0 Å². The number of hydrogen-bond donors (Lipinski definition) is 0. The number of benzene rings is 4. The van der Waals surface area contributed by atoms with E-state index in [0.29, 0.717) is 5.82 Å². The van der Waals surface area contributed by atoms with Crippen molar-refractivity contribution in [1.29, 1.82) is 0 Å². The second kappa shape index (κ2) is 10.7. The van der Waals surface area contributed by atoms with Crippen LogP contribution in [0, 0.1) is 0 Å². The first-order valence-electron chi connectivity index (χ1n) is 13.2. The van der Waals surface area contributed by atoms with E-state index in [4.69, 9.17) is 15.0 Å². The Morgan fingerprint density at radius 3 is 2.13 bits per heavy atom. The lowest BCUT2D eigenvalue weighted by Gasteiger charge is -2.12. The van der Waals surface area contributed by atoms with Gasteiger partial charge >= 0.3 is 0 Å². The number of imidazole rings is 1. The lowest BCUT2D eigenvalue weighted by molar-refractivity contribution is 1.09. The summed E-state index contributed by atoms with van der Waals surface area (Å²) in [7, 11) is 0. The van der Waals surface area contributed by atoms with E-state index in [2.05, 4.69) is 64.1 Å². The monoisotopic (exact) mass is 505 g/mol. The number of aromatic nitrogens is 5. The molecule has 0 atom stereocenters. The minimum absolute atomic E-state index is 0.602. The molecule has 0 saturated carbocycles. The molecule has 0 radical (unpaired) electrons. The molecule has 0 saturated heterocycles. The number of nitrogens with zero attached hydrogens (tertiary/aromatic N) is 5. The Bertz CT molecular complexity index is 1880. The topological polar surface area (TPSA) is 56.5 Å². The first-order valence-corrected chi connectivity index (χ1v) is 13.2. The van der Waals surface area contributed by atoms with Gasteiger partial charge in [0.25, 0.3) is 0 Å². The van der Waals surface area contributed by atoms with Gasteiger partial charge in [-0.15, -0.1) is 0 Å². The van der Waals surface area contributed by atoms with Gasteiger partial charge in [-0.1, -0.05) is 92.7 Å². The first kappa shape index (κ1) is 24.2. The zero-order valence-corrected chi connectivity index (χ0v) is 21.9. The van der Waals surface area contributed by atoms with Crippen molar-refractivity contribution in [2.24, 2.45) is 0 Å². The van der Waals surface area contributed by atoms with E-state index in [1.54, 1.807) is 6.20 Å². The zero-order chi connectivity index (χ0) is 26.6. The van der Waals surface area contributed by atoms with Crippen molar-refractivity contribution in [2.45, 2.75) is 13.8 Å². The normalized spacial score (nSPS) is 10.8. The summed E-state index contributed by atoms with van der Waals surface area (Å²) >= 11 is 0. The zero-order valence-electron chi connectivity index (χ0n) is 21.9. The second-order valence-corrected chi connectivity index (χ2v) is 8.83. The van der Waals surface area contributed by atoms with E-state index in [9.17, 15) is 0 Å². The van der Waals surface area contributed by atoms with Crippen molar-refractivity contribution in [1.82, 2.24) is 24.5 Å². The Hall–Kier alpha value is -5.16. The maximum Gasteiger partial charge on any atom is 0.179 e. The fourth-order valence-electron chi connectivity index (χ4n) is 4.79. The molecule has 3 heterocycles. The van der Waals surface area contributed by atoms with Crippen molar-refractivity contribution < 1.29 is 0 Å². The van der Waals surface area contributed by atoms with Crippen molar-refractivity contribution in [3.63, 3.8) is 0 Å². The Morgan fingerprint density at radius 1 is 0.564 bits per heavy atom. The van der Waals surface area contributed by atoms with Crippen LogP contribution in [0.3, 0.4) is 0 Å². The highest BCUT2D eigenvalue weighted by atomic mass is 15.0. The molecule has 3 aromatic heterocycles. The van der Waals surface area contributed by atoms with Crippen LogP contribution in [0.4, 0.5) is 0 Å². The molecule has 4 aromatic carbocycles. The third-order valence-corrected chi connectivity index (χ3v) is 6.56. The second-order valence-electron chi connectivity index (χ2n) is 8.83. The molecule has 0 unspecified atom stereocenters. The largest absolute Gasteiger partial charge is 0.299 e. The highest BCUT2D eigenvalue weighted by molar-refractivity contribution is 5.96. The summed E-state index contributed by atoms with van der Waals surface area (Å²) in [5.41, 5.74) is 8.61. The maximum absolute atomic E-state index is 5.12. The van der Waals surface area contributed by atoms with Crippen LogP contribution in [0.2, 0.25) is 0 Å². The standard InChI is InChI=1S/C32H21N5.C2H6/c1-3-10-22(11-4-1)25-15-9-19-33-31(25)32-35-27-16-8-7-14-26(27)30(36-32)23-17-18-28-29(20-23)37(21-34-28)24-12-5-2-6-13-24;1-2/h1-21H;1-2H3. The van der Waals surface area contributed by atoms with Crippen molar-refractivity contribution >= 4 is 21.9 Å². The average molecular weight is 506 g/mol. The maximum atomic E-state index is 5.12. The molecule has 0 bridgehead atoms. The molecule has 0 N–H and O–H groups in total. The quantitative estimate of drug-likeness (QED) is 0.241. The molecule has 0 amide bonds. The number of hydrogen-bond acceptors (Lipinski definition) is 4. The number of fused-ring (bicyclic) bond motifs is 2. The molecule has 0 aliphatic rings. The van der Waals surface area contributed by atoms with Crippen LogP contribution in [0.15, 0.2) is 128 Å². The van der Waals surface area contributed by atoms with Gasteiger partial charge in [0, 0.05) is 28.4 Å². The molecule has 5 heteroatoms. The Balaban J connectivity index is 0.00000135. The van der Waals surface area contributed by atoms with Gasteiger partial charge in [-0.2, -0.15) is 0 Å². The fraction of sp³-hybridized carbons (Fsp3) is 0.0588. The predicted octanol–water partition coefficient (Wildman–Crippen LogP) is 8.39. The van der Waals surface area contributed by atoms with E-state index in [-0.39, 0.29) is 0 Å². The molecule has 7 rings (SSSR count). The van der Waals surface area contributed by atoms with E-state index >= 15 is 0 Å². The fourth-order valence-corrected chi connectivity index (χ4v) is 4.79. The summed E-state index contributed by atoms with van der Waals surface area (Å²) in [6, 6.07) is 38.9. The van der Waals surface area contributed by atoms with Crippen LogP contribution < -0.4 is 0 Å². The van der Waals surface area contributed by atoms with Gasteiger partial charge in [-0.25, -0.2) is 15.0 Å². The summed E-state index contributed by atoms with van der Waals surface area (Å²) in [5.74, 6) is 0.602. The number of para-hydroxylation sites is 2. The lowest BCUT2D eigenvalue weighted by atomic mass is 10.0. The molecule has 188 valence electrons. The molecule has 7 aromatic rings. The first-order chi connectivity index (χ1) is 19.3. The smallest absolute Gasteiger partial charge is 0.179 e. The molecule has 39 heavy (non-hydrogen) atoms. The SMILES string of the molecule is CC.c1ccc(-c2cccnc2-c2nc(-c3ccc4ncn(-c5ccccc5)c4c3)c3ccccc3n2)cc1. The van der Waals surface area contributed by atoms with Crippen molar-refractivity contribution in [2.75, 3.05) is 0 Å². The van der Waals surface area contributed by atoms with Gasteiger partial charge in [0.05, 0.1) is 22.2 Å². The van der Waals surface area contributed by atoms with E-state index in [1.165, 1.54) is 0 Å². The van der Waals surface area contributed by atoms with Crippen LogP contribution in [-0.4, -0.2) is 24.5 Å². The van der Waals surface area contributed by atoms with Gasteiger partial charge in [-0.3, -0.25) is 9.55 Å². The van der Waals surface area contributed by atoms with E-state index in [0.717, 1.165) is 55.7 Å². The van der Waals surface area contributed by atoms with Crippen LogP contribution in [0.25, 0.3) is 61.5 Å². The highest BCUT2D eigenvalue weighted by Crippen LogP contribution is 2.34. The third kappa shape index (κ3) is 4.55. The van der Waals surface area contributed by atoms with Crippen LogP contribution >= 0.6 is 0 Å². The van der Waals surface area contributed by atoms with Gasteiger partial charge in [0.15, 0.2) is 5.82 Å². The molecule has 0 aliphatic carbocycles. The summed E-state index contributed by atoms with van der Waals surface area (Å²) in [6.07, 6.45) is 3.66. The van der Waals surface area contributed by atoms with Gasteiger partial charge < -0.3 is 0 Å². The van der Waals surface area contributed by atoms with Crippen LogP contribution in [0.1, 0.15) is 13.8 Å². The van der Waals surface area contributed by atoms with Crippen LogP contribution in [0.5, 0.6) is 0 Å². The van der Waals surface area contributed by atoms with Gasteiger partial charge in [-0.05, 0) is 42.0 Å². The summed E-state index contributed by atoms with van der Waals surface area (Å²) in [6.45, 7) is 4.00. The highest BCUT2D eigenvalue weighted by Gasteiger charge is 2.16. The summed E-state index contributed by atoms with van der Waals surface area (Å²) in [5, 5.41) is 0.994. The Kier molecular flexibility index (Phi) is 6.62. The summed E-state index contributed by atoms with van der Waals surface area (Å²) in [4.78, 5) is 19.4. The average Bonchev–Trinajstić information content (AvgIpc) is 3.46. The Labute approximate surface area is 227 Å². The predicted molar refractivity (Wildman–Crippen MR) is 160 cm³/mol.